The van der Waals surface area contributed by atoms with E-state index in [0.29, 0.717) is 11.8 Å². The molecule has 1 aliphatic heterocycles. The van der Waals surface area contributed by atoms with Gasteiger partial charge in [-0.05, 0) is 75.8 Å². The minimum absolute atomic E-state index is 0.103. The van der Waals surface area contributed by atoms with Crippen molar-refractivity contribution in [2.45, 2.75) is 6.04 Å². The van der Waals surface area contributed by atoms with Crippen molar-refractivity contribution in [3.8, 4) is 34.4 Å². The van der Waals surface area contributed by atoms with Crippen molar-refractivity contribution in [1.29, 1.82) is 0 Å². The predicted molar refractivity (Wildman–Crippen MR) is 166 cm³/mol. The topological polar surface area (TPSA) is 47.5 Å². The molecule has 0 amide bonds. The molecule has 5 heteroatoms. The van der Waals surface area contributed by atoms with E-state index in [-0.39, 0.29) is 6.04 Å². The molecule has 0 fully saturated rings. The van der Waals surface area contributed by atoms with Crippen LogP contribution in [-0.4, -0.2) is 9.97 Å². The van der Waals surface area contributed by atoms with Crippen LogP contribution in [0.3, 0.4) is 0 Å². The fourth-order valence-corrected chi connectivity index (χ4v) is 5.93. The van der Waals surface area contributed by atoms with Gasteiger partial charge in [-0.15, -0.1) is 0 Å². The number of ether oxygens (including phenoxy) is 2. The second-order valence-corrected chi connectivity index (χ2v) is 10.3. The number of benzene rings is 4. The summed E-state index contributed by atoms with van der Waals surface area (Å²) in [5.41, 5.74) is 9.24. The normalized spacial score (nSPS) is 14.3. The number of rotatable bonds is 5. The van der Waals surface area contributed by atoms with Crippen LogP contribution in [0.1, 0.15) is 28.3 Å². The molecule has 0 N–H and O–H groups in total. The monoisotopic (exact) mass is 543 g/mol. The van der Waals surface area contributed by atoms with Gasteiger partial charge in [0, 0.05) is 36.3 Å². The van der Waals surface area contributed by atoms with Gasteiger partial charge in [0.2, 0.25) is 11.8 Å². The van der Waals surface area contributed by atoms with Gasteiger partial charge in [-0.3, -0.25) is 0 Å². The largest absolute Gasteiger partial charge is 0.439 e. The van der Waals surface area contributed by atoms with E-state index in [1.807, 2.05) is 48.5 Å². The van der Waals surface area contributed by atoms with Crippen LogP contribution in [0, 0.1) is 0 Å². The Balaban J connectivity index is 1.31. The van der Waals surface area contributed by atoms with E-state index in [0.717, 1.165) is 34.0 Å². The maximum Gasteiger partial charge on any atom is 0.219 e. The third-order valence-corrected chi connectivity index (χ3v) is 7.74. The average molecular weight is 544 g/mol. The van der Waals surface area contributed by atoms with Gasteiger partial charge in [0.15, 0.2) is 0 Å². The predicted octanol–water partition coefficient (Wildman–Crippen LogP) is 9.45. The molecule has 6 aromatic rings. The molecule has 0 bridgehead atoms. The first-order valence-electron chi connectivity index (χ1n) is 13.9. The molecule has 1 aliphatic carbocycles. The molecular formula is C37H25N3O2. The zero-order valence-electron chi connectivity index (χ0n) is 22.6. The van der Waals surface area contributed by atoms with Crippen LogP contribution >= 0.6 is 0 Å². The van der Waals surface area contributed by atoms with Crippen LogP contribution in [0.5, 0.6) is 23.3 Å². The van der Waals surface area contributed by atoms with E-state index in [4.69, 9.17) is 9.47 Å². The van der Waals surface area contributed by atoms with Gasteiger partial charge in [-0.1, -0.05) is 72.8 Å². The molecule has 1 unspecified atom stereocenters. The lowest BCUT2D eigenvalue weighted by Crippen LogP contribution is -2.24. The summed E-state index contributed by atoms with van der Waals surface area (Å²) < 4.78 is 12.4. The minimum atomic E-state index is -0.103. The van der Waals surface area contributed by atoms with E-state index in [2.05, 4.69) is 99.8 Å². The quantitative estimate of drug-likeness (QED) is 0.217. The summed E-state index contributed by atoms with van der Waals surface area (Å²) in [6.45, 7) is 0. The highest BCUT2D eigenvalue weighted by molar-refractivity contribution is 5.92. The highest BCUT2D eigenvalue weighted by Crippen LogP contribution is 2.53. The molecule has 3 heterocycles. The number of hydrogen-bond donors (Lipinski definition) is 0. The lowest BCUT2D eigenvalue weighted by Gasteiger charge is -2.34. The number of nitrogens with zero attached hydrogens (tertiary/aromatic N) is 3. The molecule has 0 saturated carbocycles. The summed E-state index contributed by atoms with van der Waals surface area (Å²) in [6.07, 6.45) is 7.85. The zero-order valence-corrected chi connectivity index (χ0v) is 22.6. The minimum Gasteiger partial charge on any atom is -0.439 e. The van der Waals surface area contributed by atoms with E-state index >= 15 is 0 Å². The van der Waals surface area contributed by atoms with Crippen LogP contribution in [0.2, 0.25) is 0 Å². The Hall–Kier alpha value is -5.68. The molecule has 5 nitrogen and oxygen atoms in total. The van der Waals surface area contributed by atoms with Crippen LogP contribution in [0.4, 0.5) is 11.4 Å². The molecule has 2 aromatic heterocycles. The molecule has 8 rings (SSSR count). The van der Waals surface area contributed by atoms with Gasteiger partial charge in [0.1, 0.15) is 11.5 Å². The number of fused-ring (bicyclic) bond motifs is 5. The first kappa shape index (κ1) is 24.1. The summed E-state index contributed by atoms with van der Waals surface area (Å²) in [5, 5.41) is 0. The van der Waals surface area contributed by atoms with Crippen LogP contribution in [0.15, 0.2) is 134 Å². The number of anilines is 2. The van der Waals surface area contributed by atoms with Gasteiger partial charge in [-0.25, -0.2) is 9.97 Å². The second-order valence-electron chi connectivity index (χ2n) is 10.3. The number of para-hydroxylation sites is 1. The Labute approximate surface area is 244 Å². The van der Waals surface area contributed by atoms with Crippen molar-refractivity contribution in [3.05, 3.63) is 156 Å². The van der Waals surface area contributed by atoms with Gasteiger partial charge >= 0.3 is 0 Å². The van der Waals surface area contributed by atoms with Gasteiger partial charge < -0.3 is 14.4 Å². The summed E-state index contributed by atoms with van der Waals surface area (Å²) in [7, 11) is 0. The average Bonchev–Trinajstić information content (AvgIpc) is 3.26. The Morgan fingerprint density at radius 2 is 1.12 bits per heavy atom. The molecule has 0 radical (unpaired) electrons. The van der Waals surface area contributed by atoms with Crippen molar-refractivity contribution in [2.24, 2.45) is 0 Å². The van der Waals surface area contributed by atoms with E-state index in [1.54, 1.807) is 12.4 Å². The molecular weight excluding hydrogens is 518 g/mol. The lowest BCUT2D eigenvalue weighted by atomic mass is 9.99. The molecule has 42 heavy (non-hydrogen) atoms. The number of pyridine rings is 2. The molecule has 0 saturated heterocycles. The molecule has 4 aromatic carbocycles. The van der Waals surface area contributed by atoms with Crippen molar-refractivity contribution in [2.75, 3.05) is 4.90 Å². The third-order valence-electron chi connectivity index (χ3n) is 7.74. The summed E-state index contributed by atoms with van der Waals surface area (Å²) in [4.78, 5) is 11.2. The van der Waals surface area contributed by atoms with Crippen molar-refractivity contribution < 1.29 is 9.47 Å². The van der Waals surface area contributed by atoms with Crippen LogP contribution in [0.25, 0.3) is 23.3 Å². The molecule has 2 aliphatic rings. The maximum absolute atomic E-state index is 6.22. The van der Waals surface area contributed by atoms with Crippen LogP contribution in [-0.2, 0) is 0 Å². The van der Waals surface area contributed by atoms with E-state index in [1.165, 1.54) is 22.3 Å². The molecule has 200 valence electrons. The maximum atomic E-state index is 6.22. The summed E-state index contributed by atoms with van der Waals surface area (Å²) in [5.74, 6) is 2.60. The first-order valence-corrected chi connectivity index (χ1v) is 13.9. The van der Waals surface area contributed by atoms with Gasteiger partial charge in [-0.2, -0.15) is 0 Å². The van der Waals surface area contributed by atoms with Crippen molar-refractivity contribution >= 4 is 23.5 Å². The Morgan fingerprint density at radius 1 is 0.500 bits per heavy atom. The zero-order chi connectivity index (χ0) is 27.9. The second kappa shape index (κ2) is 10.1. The van der Waals surface area contributed by atoms with E-state index in [9.17, 15) is 0 Å². The Bertz CT molecular complexity index is 1950. The number of hydrogen-bond acceptors (Lipinski definition) is 5. The number of aromatic nitrogens is 2. The van der Waals surface area contributed by atoms with Crippen molar-refractivity contribution in [3.63, 3.8) is 0 Å². The first-order chi connectivity index (χ1) is 20.8. The standard InChI is InChI=1S/C37H25N3O2/c1-4-12-33-25(9-1)15-16-26-17-18-28(42-36-14-6-8-22-39-36)24-34(26)40(33)37-31-11-3-2-10-29(31)30-20-19-27(23-32(30)37)41-35-13-5-7-21-38-35/h1-24,37H. The fourth-order valence-electron chi connectivity index (χ4n) is 5.93. The SMILES string of the molecule is C1=Cc2ccc(Oc3ccccn3)cc2N(C2c3ccccc3-c3ccc(Oc4ccccn4)cc32)c2ccccc21. The highest BCUT2D eigenvalue weighted by Gasteiger charge is 2.36. The summed E-state index contributed by atoms with van der Waals surface area (Å²) >= 11 is 0. The smallest absolute Gasteiger partial charge is 0.219 e. The van der Waals surface area contributed by atoms with E-state index < -0.39 is 0 Å². The fraction of sp³-hybridized carbons (Fsp3) is 0.0270. The molecule has 1 atom stereocenters. The Morgan fingerprint density at radius 3 is 1.88 bits per heavy atom. The van der Waals surface area contributed by atoms with Crippen LogP contribution < -0.4 is 14.4 Å². The summed E-state index contributed by atoms with van der Waals surface area (Å²) in [6, 6.07) is 41.0. The van der Waals surface area contributed by atoms with Crippen molar-refractivity contribution in [1.82, 2.24) is 9.97 Å². The Kier molecular flexibility index (Phi) is 5.78. The third kappa shape index (κ3) is 4.19. The highest BCUT2D eigenvalue weighted by atomic mass is 16.5. The van der Waals surface area contributed by atoms with Gasteiger partial charge in [0.25, 0.3) is 0 Å². The lowest BCUT2D eigenvalue weighted by molar-refractivity contribution is 0.461. The molecule has 0 spiro atoms. The van der Waals surface area contributed by atoms with Gasteiger partial charge in [0.05, 0.1) is 11.7 Å².